The smallest absolute Gasteiger partial charge is 0.251 e. The SMILES string of the molecule is Cc1cccc(CC(=O)Nc2cnn(-c3cccc(C(=O)NC4CCCCC4)c3)c2)c1. The number of hydrogen-bond acceptors (Lipinski definition) is 3. The topological polar surface area (TPSA) is 76.0 Å². The van der Waals surface area contributed by atoms with Gasteiger partial charge < -0.3 is 10.6 Å². The Morgan fingerprint density at radius 1 is 1.06 bits per heavy atom. The third-order valence-electron chi connectivity index (χ3n) is 5.63. The molecule has 0 spiro atoms. The molecule has 1 saturated carbocycles. The molecule has 1 aromatic heterocycles. The van der Waals surface area contributed by atoms with Gasteiger partial charge in [0.2, 0.25) is 5.91 Å². The molecule has 2 aromatic carbocycles. The Kier molecular flexibility index (Phi) is 6.46. The average Bonchev–Trinajstić information content (AvgIpc) is 3.23. The maximum atomic E-state index is 12.6. The molecule has 6 nitrogen and oxygen atoms in total. The molecule has 6 heteroatoms. The quantitative estimate of drug-likeness (QED) is 0.624. The van der Waals surface area contributed by atoms with Crippen molar-refractivity contribution in [2.24, 2.45) is 0 Å². The van der Waals surface area contributed by atoms with E-state index in [-0.39, 0.29) is 17.9 Å². The van der Waals surface area contributed by atoms with E-state index in [4.69, 9.17) is 0 Å². The van der Waals surface area contributed by atoms with Crippen molar-refractivity contribution in [2.75, 3.05) is 5.32 Å². The van der Waals surface area contributed by atoms with Crippen molar-refractivity contribution in [2.45, 2.75) is 51.5 Å². The molecule has 31 heavy (non-hydrogen) atoms. The zero-order valence-corrected chi connectivity index (χ0v) is 17.8. The van der Waals surface area contributed by atoms with Crippen LogP contribution in [0.2, 0.25) is 0 Å². The molecule has 2 N–H and O–H groups in total. The van der Waals surface area contributed by atoms with Crippen LogP contribution in [0, 0.1) is 6.92 Å². The van der Waals surface area contributed by atoms with Gasteiger partial charge in [-0.05, 0) is 43.5 Å². The number of carbonyl (C=O) groups excluding carboxylic acids is 2. The van der Waals surface area contributed by atoms with Gasteiger partial charge in [0, 0.05) is 11.6 Å². The van der Waals surface area contributed by atoms with E-state index in [0.29, 0.717) is 17.7 Å². The van der Waals surface area contributed by atoms with Gasteiger partial charge in [0.1, 0.15) is 0 Å². The van der Waals surface area contributed by atoms with Gasteiger partial charge in [0.15, 0.2) is 0 Å². The summed E-state index contributed by atoms with van der Waals surface area (Å²) >= 11 is 0. The summed E-state index contributed by atoms with van der Waals surface area (Å²) in [5.41, 5.74) is 4.11. The molecule has 0 aliphatic heterocycles. The lowest BCUT2D eigenvalue weighted by Gasteiger charge is -2.22. The highest BCUT2D eigenvalue weighted by atomic mass is 16.2. The molecule has 0 unspecified atom stereocenters. The van der Waals surface area contributed by atoms with Crippen LogP contribution in [0.4, 0.5) is 5.69 Å². The van der Waals surface area contributed by atoms with E-state index in [0.717, 1.165) is 29.7 Å². The normalized spacial score (nSPS) is 14.2. The summed E-state index contributed by atoms with van der Waals surface area (Å²) in [5.74, 6) is -0.140. The van der Waals surface area contributed by atoms with Crippen LogP contribution in [0.1, 0.15) is 53.6 Å². The van der Waals surface area contributed by atoms with E-state index in [9.17, 15) is 9.59 Å². The number of anilines is 1. The van der Waals surface area contributed by atoms with E-state index in [1.165, 1.54) is 19.3 Å². The van der Waals surface area contributed by atoms with Gasteiger partial charge in [-0.2, -0.15) is 5.10 Å². The Morgan fingerprint density at radius 2 is 1.87 bits per heavy atom. The molecule has 0 bridgehead atoms. The highest BCUT2D eigenvalue weighted by Crippen LogP contribution is 2.19. The molecule has 4 rings (SSSR count). The highest BCUT2D eigenvalue weighted by molar-refractivity contribution is 5.95. The maximum absolute atomic E-state index is 12.6. The van der Waals surface area contributed by atoms with Gasteiger partial charge in [0.05, 0.1) is 30.2 Å². The summed E-state index contributed by atoms with van der Waals surface area (Å²) in [6, 6.07) is 15.6. The maximum Gasteiger partial charge on any atom is 0.251 e. The number of nitrogens with zero attached hydrogens (tertiary/aromatic N) is 2. The first-order chi connectivity index (χ1) is 15.1. The van der Waals surface area contributed by atoms with Crippen molar-refractivity contribution < 1.29 is 9.59 Å². The predicted octanol–water partition coefficient (Wildman–Crippen LogP) is 4.42. The number of rotatable bonds is 6. The zero-order valence-electron chi connectivity index (χ0n) is 17.8. The van der Waals surface area contributed by atoms with Crippen LogP contribution < -0.4 is 10.6 Å². The third kappa shape index (κ3) is 5.60. The Morgan fingerprint density at radius 3 is 2.68 bits per heavy atom. The molecular weight excluding hydrogens is 388 g/mol. The van der Waals surface area contributed by atoms with Crippen LogP contribution >= 0.6 is 0 Å². The summed E-state index contributed by atoms with van der Waals surface area (Å²) in [6.45, 7) is 2.01. The number of carbonyl (C=O) groups is 2. The Hall–Kier alpha value is -3.41. The lowest BCUT2D eigenvalue weighted by Crippen LogP contribution is -2.36. The van der Waals surface area contributed by atoms with Gasteiger partial charge in [-0.3, -0.25) is 9.59 Å². The first kappa shape index (κ1) is 20.8. The molecule has 1 aliphatic rings. The molecule has 3 aromatic rings. The number of aryl methyl sites for hydroxylation is 1. The van der Waals surface area contributed by atoms with E-state index in [1.807, 2.05) is 55.5 Å². The van der Waals surface area contributed by atoms with Crippen molar-refractivity contribution in [1.82, 2.24) is 15.1 Å². The molecule has 0 atom stereocenters. The lowest BCUT2D eigenvalue weighted by atomic mass is 9.95. The largest absolute Gasteiger partial charge is 0.349 e. The van der Waals surface area contributed by atoms with E-state index >= 15 is 0 Å². The summed E-state index contributed by atoms with van der Waals surface area (Å²) in [4.78, 5) is 25.0. The predicted molar refractivity (Wildman–Crippen MR) is 121 cm³/mol. The van der Waals surface area contributed by atoms with Crippen molar-refractivity contribution >= 4 is 17.5 Å². The second kappa shape index (κ2) is 9.60. The van der Waals surface area contributed by atoms with Crippen molar-refractivity contribution in [3.63, 3.8) is 0 Å². The van der Waals surface area contributed by atoms with Gasteiger partial charge in [0.25, 0.3) is 5.91 Å². The molecule has 1 aliphatic carbocycles. The second-order valence-electron chi connectivity index (χ2n) is 8.25. The van der Waals surface area contributed by atoms with Crippen LogP contribution in [-0.2, 0) is 11.2 Å². The van der Waals surface area contributed by atoms with E-state index in [2.05, 4.69) is 15.7 Å². The summed E-state index contributed by atoms with van der Waals surface area (Å²) in [6.07, 6.45) is 9.39. The molecular formula is C25H28N4O2. The van der Waals surface area contributed by atoms with E-state index in [1.54, 1.807) is 17.1 Å². The van der Waals surface area contributed by atoms with Gasteiger partial charge in [-0.25, -0.2) is 4.68 Å². The second-order valence-corrected chi connectivity index (χ2v) is 8.25. The fourth-order valence-corrected chi connectivity index (χ4v) is 4.05. The fraction of sp³-hybridized carbons (Fsp3) is 0.320. The summed E-state index contributed by atoms with van der Waals surface area (Å²) < 4.78 is 1.67. The third-order valence-corrected chi connectivity index (χ3v) is 5.63. The minimum atomic E-state index is -0.0919. The first-order valence-electron chi connectivity index (χ1n) is 10.9. The number of amides is 2. The molecule has 0 saturated heterocycles. The van der Waals surface area contributed by atoms with Crippen molar-refractivity contribution in [3.05, 3.63) is 77.6 Å². The van der Waals surface area contributed by atoms with E-state index < -0.39 is 0 Å². The average molecular weight is 417 g/mol. The minimum absolute atomic E-state index is 0.0485. The monoisotopic (exact) mass is 416 g/mol. The fourth-order valence-electron chi connectivity index (χ4n) is 4.05. The summed E-state index contributed by atoms with van der Waals surface area (Å²) in [5, 5.41) is 10.4. The van der Waals surface area contributed by atoms with Crippen LogP contribution in [0.15, 0.2) is 60.9 Å². The number of nitrogens with one attached hydrogen (secondary N) is 2. The number of benzene rings is 2. The van der Waals surface area contributed by atoms with Crippen molar-refractivity contribution in [1.29, 1.82) is 0 Å². The van der Waals surface area contributed by atoms with Crippen LogP contribution in [0.5, 0.6) is 0 Å². The van der Waals surface area contributed by atoms with Gasteiger partial charge in [-0.15, -0.1) is 0 Å². The first-order valence-corrected chi connectivity index (χ1v) is 10.9. The Labute approximate surface area is 182 Å². The van der Waals surface area contributed by atoms with Gasteiger partial charge in [-0.1, -0.05) is 55.2 Å². The minimum Gasteiger partial charge on any atom is -0.349 e. The van der Waals surface area contributed by atoms with Gasteiger partial charge >= 0.3 is 0 Å². The lowest BCUT2D eigenvalue weighted by molar-refractivity contribution is -0.115. The van der Waals surface area contributed by atoms with Crippen LogP contribution in [0.3, 0.4) is 0 Å². The molecule has 160 valence electrons. The molecule has 0 radical (unpaired) electrons. The molecule has 1 fully saturated rings. The summed E-state index contributed by atoms with van der Waals surface area (Å²) in [7, 11) is 0. The molecule has 2 amide bonds. The standard InChI is InChI=1S/C25H28N4O2/c1-18-7-5-8-19(13-18)14-24(30)27-22-16-26-29(17-22)23-12-6-9-20(15-23)25(31)28-21-10-3-2-4-11-21/h5-9,12-13,15-17,21H,2-4,10-11,14H2,1H3,(H,27,30)(H,28,31). The Bertz CT molecular complexity index is 1070. The number of hydrogen-bond donors (Lipinski definition) is 2. The zero-order chi connectivity index (χ0) is 21.6. The Balaban J connectivity index is 1.39. The van der Waals surface area contributed by atoms with Crippen LogP contribution in [0.25, 0.3) is 5.69 Å². The number of aromatic nitrogens is 2. The van der Waals surface area contributed by atoms with Crippen LogP contribution in [-0.4, -0.2) is 27.6 Å². The van der Waals surface area contributed by atoms with Crippen molar-refractivity contribution in [3.8, 4) is 5.69 Å². The highest BCUT2D eigenvalue weighted by Gasteiger charge is 2.17. The molecule has 1 heterocycles.